The Balaban J connectivity index is 3.36. The second-order valence-electron chi connectivity index (χ2n) is 6.20. The number of rotatable bonds is 11. The van der Waals surface area contributed by atoms with Crippen LogP contribution in [-0.4, -0.2) is 6.16 Å². The van der Waals surface area contributed by atoms with Crippen LogP contribution in [0.4, 0.5) is 0 Å². The van der Waals surface area contributed by atoms with E-state index >= 15 is 0 Å². The summed E-state index contributed by atoms with van der Waals surface area (Å²) in [6.07, 6.45) is 10.5. The maximum absolute atomic E-state index is 6.02. The van der Waals surface area contributed by atoms with E-state index in [2.05, 4.69) is 33.5 Å². The largest absolute Gasteiger partial charge is 0.402 e. The highest BCUT2D eigenvalue weighted by Crippen LogP contribution is 2.19. The summed E-state index contributed by atoms with van der Waals surface area (Å²) in [4.78, 5) is 0. The van der Waals surface area contributed by atoms with Gasteiger partial charge in [-0.15, -0.1) is 0 Å². The van der Waals surface area contributed by atoms with E-state index in [4.69, 9.17) is 5.73 Å². The highest BCUT2D eigenvalue weighted by Gasteiger charge is 1.96. The Bertz CT molecular complexity index is 209. The molecule has 18 heavy (non-hydrogen) atoms. The molecule has 0 aromatic heterocycles. The van der Waals surface area contributed by atoms with Crippen LogP contribution >= 0.6 is 8.58 Å². The molecule has 0 bridgehead atoms. The maximum atomic E-state index is 6.02. The smallest absolute Gasteiger partial charge is 0.00827 e. The van der Waals surface area contributed by atoms with Crippen molar-refractivity contribution in [3.05, 3.63) is 11.5 Å². The van der Waals surface area contributed by atoms with Gasteiger partial charge in [-0.05, 0) is 43.1 Å². The van der Waals surface area contributed by atoms with Crippen molar-refractivity contribution in [3.63, 3.8) is 0 Å². The first-order chi connectivity index (χ1) is 8.52. The van der Waals surface area contributed by atoms with Crippen molar-refractivity contribution in [3.8, 4) is 0 Å². The van der Waals surface area contributed by atoms with Crippen LogP contribution in [0.25, 0.3) is 0 Å². The number of nitrogens with two attached hydrogens (primary N) is 1. The molecule has 1 atom stereocenters. The first-order valence-corrected chi connectivity index (χ1v) is 8.98. The summed E-state index contributed by atoms with van der Waals surface area (Å²) in [5.41, 5.74) is 7.15. The Morgan fingerprint density at radius 3 is 2.06 bits per heavy atom. The maximum Gasteiger partial charge on any atom is 0.00827 e. The van der Waals surface area contributed by atoms with Gasteiger partial charge in [0.25, 0.3) is 0 Å². The molecule has 0 spiro atoms. The first-order valence-electron chi connectivity index (χ1n) is 7.70. The van der Waals surface area contributed by atoms with Gasteiger partial charge >= 0.3 is 0 Å². The predicted octanol–water partition coefficient (Wildman–Crippen LogP) is 5.51. The molecule has 0 radical (unpaired) electrons. The fraction of sp³-hybridized carbons (Fsp3) is 0.875. The molecule has 1 nitrogen and oxygen atoms in total. The molecule has 0 aromatic rings. The lowest BCUT2D eigenvalue weighted by molar-refractivity contribution is 0.537. The summed E-state index contributed by atoms with van der Waals surface area (Å²) in [6.45, 7) is 9.18. The number of unbranched alkanes of at least 4 members (excludes halogenated alkanes) is 2. The molecule has 2 N–H and O–H groups in total. The monoisotopic (exact) mass is 271 g/mol. The molecule has 0 saturated carbocycles. The van der Waals surface area contributed by atoms with Crippen LogP contribution in [-0.2, 0) is 0 Å². The number of allylic oxidation sites excluding steroid dienone is 1. The van der Waals surface area contributed by atoms with Gasteiger partial charge < -0.3 is 5.73 Å². The second kappa shape index (κ2) is 12.0. The van der Waals surface area contributed by atoms with Gasteiger partial charge in [-0.2, -0.15) is 0 Å². The lowest BCUT2D eigenvalue weighted by Gasteiger charge is -2.05. The summed E-state index contributed by atoms with van der Waals surface area (Å²) >= 11 is 0. The van der Waals surface area contributed by atoms with Crippen LogP contribution in [0.3, 0.4) is 0 Å². The van der Waals surface area contributed by atoms with Gasteiger partial charge in [-0.3, -0.25) is 0 Å². The Labute approximate surface area is 117 Å². The van der Waals surface area contributed by atoms with E-state index in [9.17, 15) is 0 Å². The molecule has 0 saturated heterocycles. The van der Waals surface area contributed by atoms with E-state index in [0.29, 0.717) is 0 Å². The van der Waals surface area contributed by atoms with Crippen molar-refractivity contribution in [1.29, 1.82) is 0 Å². The lowest BCUT2D eigenvalue weighted by Crippen LogP contribution is -1.97. The quantitative estimate of drug-likeness (QED) is 0.389. The van der Waals surface area contributed by atoms with Gasteiger partial charge in [0.1, 0.15) is 0 Å². The van der Waals surface area contributed by atoms with Crippen LogP contribution in [0.15, 0.2) is 11.5 Å². The van der Waals surface area contributed by atoms with Gasteiger partial charge in [0.2, 0.25) is 0 Å². The number of hydrogen-bond donors (Lipinski definition) is 1. The van der Waals surface area contributed by atoms with E-state index in [0.717, 1.165) is 32.5 Å². The minimum absolute atomic E-state index is 0.832. The zero-order chi connectivity index (χ0) is 13.8. The van der Waals surface area contributed by atoms with Gasteiger partial charge in [0, 0.05) is 5.70 Å². The lowest BCUT2D eigenvalue weighted by atomic mass is 10.1. The third kappa shape index (κ3) is 14.0. The van der Waals surface area contributed by atoms with Crippen molar-refractivity contribution in [2.75, 3.05) is 6.16 Å². The van der Waals surface area contributed by atoms with Crippen LogP contribution in [0, 0.1) is 11.8 Å². The van der Waals surface area contributed by atoms with Gasteiger partial charge in [-0.25, -0.2) is 0 Å². The minimum Gasteiger partial charge on any atom is -0.402 e. The van der Waals surface area contributed by atoms with Crippen LogP contribution in [0.5, 0.6) is 0 Å². The van der Waals surface area contributed by atoms with E-state index < -0.39 is 0 Å². The van der Waals surface area contributed by atoms with E-state index in [1.165, 1.54) is 44.7 Å². The highest BCUT2D eigenvalue weighted by atomic mass is 31.1. The average molecular weight is 271 g/mol. The molecule has 0 heterocycles. The van der Waals surface area contributed by atoms with Gasteiger partial charge in [0.05, 0.1) is 0 Å². The summed E-state index contributed by atoms with van der Waals surface area (Å²) < 4.78 is 0. The van der Waals surface area contributed by atoms with Gasteiger partial charge in [0.15, 0.2) is 0 Å². The summed E-state index contributed by atoms with van der Waals surface area (Å²) in [6, 6.07) is 0. The molecule has 1 unspecified atom stereocenters. The standard InChI is InChI=1S/C16H34NP/c1-14(2)9-5-6-11-16(17)13-18-12-8-7-10-15(3)4/h13-15,18H,5-12,17H2,1-4H3/b16-13-. The molecule has 0 fully saturated rings. The van der Waals surface area contributed by atoms with E-state index in [-0.39, 0.29) is 0 Å². The molecule has 2 heteroatoms. The number of hydrogen-bond acceptors (Lipinski definition) is 1. The summed E-state index contributed by atoms with van der Waals surface area (Å²) in [5, 5.41) is 0. The van der Waals surface area contributed by atoms with E-state index in [1.54, 1.807) is 0 Å². The predicted molar refractivity (Wildman–Crippen MR) is 87.4 cm³/mol. The zero-order valence-corrected chi connectivity index (χ0v) is 14.0. The molecule has 0 amide bonds. The van der Waals surface area contributed by atoms with Crippen molar-refractivity contribution >= 4 is 8.58 Å². The average Bonchev–Trinajstić information content (AvgIpc) is 2.28. The molecule has 0 rings (SSSR count). The fourth-order valence-electron chi connectivity index (χ4n) is 1.94. The first kappa shape index (κ1) is 18.0. The fourth-order valence-corrected chi connectivity index (χ4v) is 2.94. The minimum atomic E-state index is 0.832. The molecule has 0 aliphatic carbocycles. The summed E-state index contributed by atoms with van der Waals surface area (Å²) in [5.74, 6) is 3.97. The Morgan fingerprint density at radius 1 is 0.944 bits per heavy atom. The van der Waals surface area contributed by atoms with Crippen molar-refractivity contribution < 1.29 is 0 Å². The third-order valence-corrected chi connectivity index (χ3v) is 4.35. The second-order valence-corrected chi connectivity index (χ2v) is 7.40. The van der Waals surface area contributed by atoms with Crippen LogP contribution < -0.4 is 5.73 Å². The van der Waals surface area contributed by atoms with Crippen molar-refractivity contribution in [1.82, 2.24) is 0 Å². The highest BCUT2D eigenvalue weighted by molar-refractivity contribution is 7.41. The molecule has 108 valence electrons. The van der Waals surface area contributed by atoms with Crippen molar-refractivity contribution in [2.24, 2.45) is 17.6 Å². The zero-order valence-electron chi connectivity index (χ0n) is 13.0. The van der Waals surface area contributed by atoms with Crippen LogP contribution in [0.2, 0.25) is 0 Å². The Kier molecular flexibility index (Phi) is 12.0. The van der Waals surface area contributed by atoms with Crippen molar-refractivity contribution in [2.45, 2.75) is 72.6 Å². The normalized spacial score (nSPS) is 13.3. The summed E-state index contributed by atoms with van der Waals surface area (Å²) in [7, 11) is 0.936. The SMILES string of the molecule is CC(C)CCCCP/C=C(\N)CCCCC(C)C. The molecule has 0 aliphatic heterocycles. The van der Waals surface area contributed by atoms with Gasteiger partial charge in [-0.1, -0.05) is 62.0 Å². The Morgan fingerprint density at radius 2 is 1.50 bits per heavy atom. The Hall–Kier alpha value is -0.0300. The topological polar surface area (TPSA) is 26.0 Å². The molecular formula is C16H34NP. The molecule has 0 aliphatic rings. The molecular weight excluding hydrogens is 237 g/mol. The van der Waals surface area contributed by atoms with E-state index in [1.807, 2.05) is 0 Å². The molecule has 0 aromatic carbocycles. The van der Waals surface area contributed by atoms with Crippen LogP contribution in [0.1, 0.15) is 72.6 Å². The third-order valence-electron chi connectivity index (χ3n) is 3.14.